The van der Waals surface area contributed by atoms with Crippen LogP contribution < -0.4 is 26.6 Å². The minimum atomic E-state index is 0.509. The lowest BCUT2D eigenvalue weighted by molar-refractivity contribution is 0.243. The lowest BCUT2D eigenvalue weighted by atomic mass is 9.95. The molecule has 1 aromatic carbocycles. The van der Waals surface area contributed by atoms with Crippen LogP contribution in [0.4, 0.5) is 17.6 Å². The van der Waals surface area contributed by atoms with E-state index in [4.69, 9.17) is 10.7 Å². The Bertz CT molecular complexity index is 934. The SMILES string of the molecule is CC(C)CCN1CCN(c2cc(N)nc(NCc3ccc(CNCCCNC4CCCCC4)cc3)n2)CC1. The van der Waals surface area contributed by atoms with E-state index in [0.717, 1.165) is 63.6 Å². The first-order valence-corrected chi connectivity index (χ1v) is 14.9. The second-order valence-electron chi connectivity index (χ2n) is 11.5. The van der Waals surface area contributed by atoms with Gasteiger partial charge in [-0.2, -0.15) is 9.97 Å². The number of aromatic nitrogens is 2. The van der Waals surface area contributed by atoms with Gasteiger partial charge in [-0.05, 0) is 62.4 Å². The summed E-state index contributed by atoms with van der Waals surface area (Å²) in [6.45, 7) is 13.6. The van der Waals surface area contributed by atoms with Crippen LogP contribution in [0.25, 0.3) is 0 Å². The third-order valence-corrected chi connectivity index (χ3v) is 7.82. The van der Waals surface area contributed by atoms with Crippen molar-refractivity contribution in [1.29, 1.82) is 0 Å². The molecule has 0 unspecified atom stereocenters. The Hall–Kier alpha value is -2.42. The van der Waals surface area contributed by atoms with Gasteiger partial charge in [0.15, 0.2) is 0 Å². The number of anilines is 3. The Labute approximate surface area is 230 Å². The summed E-state index contributed by atoms with van der Waals surface area (Å²) in [4.78, 5) is 14.1. The molecule has 2 heterocycles. The molecule has 2 aromatic rings. The zero-order valence-electron chi connectivity index (χ0n) is 23.7. The first-order chi connectivity index (χ1) is 18.5. The number of hydrogen-bond acceptors (Lipinski definition) is 8. The van der Waals surface area contributed by atoms with Crippen LogP contribution in [0.2, 0.25) is 0 Å². The van der Waals surface area contributed by atoms with Gasteiger partial charge in [-0.3, -0.25) is 4.90 Å². The monoisotopic (exact) mass is 522 g/mol. The first kappa shape index (κ1) is 28.6. The number of benzene rings is 1. The van der Waals surface area contributed by atoms with Gasteiger partial charge in [0.2, 0.25) is 5.95 Å². The zero-order chi connectivity index (χ0) is 26.6. The van der Waals surface area contributed by atoms with Crippen molar-refractivity contribution in [1.82, 2.24) is 25.5 Å². The average Bonchev–Trinajstić information content (AvgIpc) is 2.94. The highest BCUT2D eigenvalue weighted by Gasteiger charge is 2.19. The maximum absolute atomic E-state index is 6.14. The molecule has 2 fully saturated rings. The van der Waals surface area contributed by atoms with Crippen molar-refractivity contribution in [2.45, 2.75) is 77.9 Å². The fourth-order valence-electron chi connectivity index (χ4n) is 5.35. The molecule has 4 rings (SSSR count). The standard InChI is InChI=1S/C30H50N8/c1-24(2)13-16-37-17-19-38(20-18-37)29-21-28(31)35-30(36-29)34-23-26-11-9-25(10-12-26)22-32-14-6-15-33-27-7-4-3-5-8-27/h9-12,21,24,27,32-33H,3-8,13-20,22-23H2,1-2H3,(H3,31,34,35,36). The first-order valence-electron chi connectivity index (χ1n) is 14.9. The van der Waals surface area contributed by atoms with Crippen LogP contribution >= 0.6 is 0 Å². The van der Waals surface area contributed by atoms with E-state index in [2.05, 4.69) is 68.8 Å². The number of hydrogen-bond donors (Lipinski definition) is 4. The molecule has 1 aromatic heterocycles. The predicted molar refractivity (Wildman–Crippen MR) is 160 cm³/mol. The van der Waals surface area contributed by atoms with Crippen molar-refractivity contribution >= 4 is 17.6 Å². The maximum Gasteiger partial charge on any atom is 0.226 e. The fraction of sp³-hybridized carbons (Fsp3) is 0.667. The second-order valence-corrected chi connectivity index (χ2v) is 11.5. The van der Waals surface area contributed by atoms with E-state index >= 15 is 0 Å². The highest BCUT2D eigenvalue weighted by atomic mass is 15.3. The molecule has 38 heavy (non-hydrogen) atoms. The van der Waals surface area contributed by atoms with Crippen LogP contribution in [0.3, 0.4) is 0 Å². The topological polar surface area (TPSA) is 94.4 Å². The fourth-order valence-corrected chi connectivity index (χ4v) is 5.35. The quantitative estimate of drug-likeness (QED) is 0.274. The summed E-state index contributed by atoms with van der Waals surface area (Å²) in [6.07, 6.45) is 9.35. The van der Waals surface area contributed by atoms with Gasteiger partial charge in [0.1, 0.15) is 11.6 Å². The molecule has 8 nitrogen and oxygen atoms in total. The van der Waals surface area contributed by atoms with Crippen LogP contribution in [0.5, 0.6) is 0 Å². The normalized spacial score (nSPS) is 17.3. The summed E-state index contributed by atoms with van der Waals surface area (Å²) in [6, 6.07) is 11.4. The average molecular weight is 523 g/mol. The summed E-state index contributed by atoms with van der Waals surface area (Å²) < 4.78 is 0. The minimum Gasteiger partial charge on any atom is -0.383 e. The number of nitrogens with zero attached hydrogens (tertiary/aromatic N) is 4. The van der Waals surface area contributed by atoms with Crippen LogP contribution in [-0.2, 0) is 13.1 Å². The van der Waals surface area contributed by atoms with E-state index in [1.54, 1.807) is 0 Å². The summed E-state index contributed by atoms with van der Waals surface area (Å²) >= 11 is 0. The van der Waals surface area contributed by atoms with E-state index in [1.807, 2.05) is 6.07 Å². The molecule has 8 heteroatoms. The minimum absolute atomic E-state index is 0.509. The molecule has 2 aliphatic rings. The molecule has 0 spiro atoms. The van der Waals surface area contributed by atoms with Gasteiger partial charge in [0.25, 0.3) is 0 Å². The third-order valence-electron chi connectivity index (χ3n) is 7.82. The van der Waals surface area contributed by atoms with E-state index < -0.39 is 0 Å². The lowest BCUT2D eigenvalue weighted by Crippen LogP contribution is -2.47. The smallest absolute Gasteiger partial charge is 0.226 e. The zero-order valence-corrected chi connectivity index (χ0v) is 23.7. The Morgan fingerprint density at radius 2 is 1.63 bits per heavy atom. The number of nitrogens with one attached hydrogen (secondary N) is 3. The Balaban J connectivity index is 1.15. The van der Waals surface area contributed by atoms with Crippen molar-refractivity contribution < 1.29 is 0 Å². The number of nitrogens with two attached hydrogens (primary N) is 1. The highest BCUT2D eigenvalue weighted by Crippen LogP contribution is 2.20. The largest absolute Gasteiger partial charge is 0.383 e. The molecule has 210 valence electrons. The maximum atomic E-state index is 6.14. The van der Waals surface area contributed by atoms with Crippen molar-refractivity contribution in [3.8, 4) is 0 Å². The van der Waals surface area contributed by atoms with Crippen LogP contribution in [0.1, 0.15) is 69.9 Å². The Kier molecular flexibility index (Phi) is 11.5. The van der Waals surface area contributed by atoms with Gasteiger partial charge < -0.3 is 26.6 Å². The summed E-state index contributed by atoms with van der Waals surface area (Å²) in [5.41, 5.74) is 8.65. The number of nitrogen functional groups attached to an aromatic ring is 1. The lowest BCUT2D eigenvalue weighted by Gasteiger charge is -2.35. The van der Waals surface area contributed by atoms with Gasteiger partial charge in [-0.1, -0.05) is 57.4 Å². The van der Waals surface area contributed by atoms with Crippen molar-refractivity contribution in [3.63, 3.8) is 0 Å². The molecule has 1 aliphatic heterocycles. The van der Waals surface area contributed by atoms with Crippen molar-refractivity contribution in [2.24, 2.45) is 5.92 Å². The van der Waals surface area contributed by atoms with E-state index in [-0.39, 0.29) is 0 Å². The molecule has 1 saturated heterocycles. The highest BCUT2D eigenvalue weighted by molar-refractivity contribution is 5.52. The molecule has 0 radical (unpaired) electrons. The van der Waals surface area contributed by atoms with Crippen molar-refractivity contribution in [2.75, 3.05) is 61.8 Å². The molecule has 0 atom stereocenters. The van der Waals surface area contributed by atoms with Gasteiger partial charge in [0, 0.05) is 51.4 Å². The molecule has 1 saturated carbocycles. The summed E-state index contributed by atoms with van der Waals surface area (Å²) in [5, 5.41) is 10.7. The Morgan fingerprint density at radius 1 is 0.921 bits per heavy atom. The molecule has 5 N–H and O–H groups in total. The Morgan fingerprint density at radius 3 is 2.34 bits per heavy atom. The van der Waals surface area contributed by atoms with E-state index in [9.17, 15) is 0 Å². The second kappa shape index (κ2) is 15.2. The molecule has 0 amide bonds. The third kappa shape index (κ3) is 9.71. The number of piperazine rings is 1. The van der Waals surface area contributed by atoms with Crippen LogP contribution in [0.15, 0.2) is 30.3 Å². The van der Waals surface area contributed by atoms with E-state index in [0.29, 0.717) is 18.3 Å². The summed E-state index contributed by atoms with van der Waals surface area (Å²) in [5.74, 6) is 2.77. The number of rotatable bonds is 14. The molecular formula is C30H50N8. The molecule has 1 aliphatic carbocycles. The van der Waals surface area contributed by atoms with Gasteiger partial charge in [-0.25, -0.2) is 0 Å². The molecular weight excluding hydrogens is 472 g/mol. The predicted octanol–water partition coefficient (Wildman–Crippen LogP) is 4.24. The van der Waals surface area contributed by atoms with Crippen LogP contribution in [-0.4, -0.2) is 66.7 Å². The van der Waals surface area contributed by atoms with Gasteiger partial charge in [-0.15, -0.1) is 0 Å². The molecule has 0 bridgehead atoms. The van der Waals surface area contributed by atoms with Gasteiger partial charge in [0.05, 0.1) is 0 Å². The van der Waals surface area contributed by atoms with Crippen LogP contribution in [0, 0.1) is 5.92 Å². The summed E-state index contributed by atoms with van der Waals surface area (Å²) in [7, 11) is 0. The van der Waals surface area contributed by atoms with Crippen molar-refractivity contribution in [3.05, 3.63) is 41.5 Å². The van der Waals surface area contributed by atoms with Gasteiger partial charge >= 0.3 is 0 Å². The van der Waals surface area contributed by atoms with E-state index in [1.165, 1.54) is 62.6 Å².